The van der Waals surface area contributed by atoms with Crippen LogP contribution in [0.1, 0.15) is 64.4 Å². The number of esters is 1. The fourth-order valence-electron chi connectivity index (χ4n) is 2.62. The summed E-state index contributed by atoms with van der Waals surface area (Å²) in [6.45, 7) is 2.21. The van der Waals surface area contributed by atoms with Crippen molar-refractivity contribution in [3.63, 3.8) is 0 Å². The zero-order chi connectivity index (χ0) is 17.4. The second kappa shape index (κ2) is 9.02. The lowest BCUT2D eigenvalue weighted by atomic mass is 9.99. The molecular weight excluding hydrogens is 300 g/mol. The monoisotopic (exact) mass is 324 g/mol. The lowest BCUT2D eigenvalue weighted by Gasteiger charge is -2.05. The van der Waals surface area contributed by atoms with Crippen LogP contribution in [0.15, 0.2) is 48.5 Å². The minimum absolute atomic E-state index is 0.0380. The van der Waals surface area contributed by atoms with E-state index in [4.69, 9.17) is 0 Å². The minimum atomic E-state index is -0.401. The van der Waals surface area contributed by atoms with Crippen molar-refractivity contribution in [2.45, 2.75) is 39.0 Å². The zero-order valence-electron chi connectivity index (χ0n) is 14.4. The van der Waals surface area contributed by atoms with Crippen molar-refractivity contribution < 1.29 is 14.3 Å². The fraction of sp³-hybridized carbons (Fsp3) is 0.333. The average Bonchev–Trinajstić information content (AvgIpc) is 2.64. The molecule has 126 valence electrons. The third-order valence-corrected chi connectivity index (χ3v) is 4.10. The maximum Gasteiger partial charge on any atom is 0.337 e. The molecule has 0 atom stereocenters. The molecule has 0 bridgehead atoms. The van der Waals surface area contributed by atoms with Crippen LogP contribution in [0.2, 0.25) is 0 Å². The largest absolute Gasteiger partial charge is 0.465 e. The summed E-state index contributed by atoms with van der Waals surface area (Å²) in [6, 6.07) is 14.4. The van der Waals surface area contributed by atoms with Gasteiger partial charge in [0.15, 0.2) is 5.78 Å². The van der Waals surface area contributed by atoms with E-state index in [0.717, 1.165) is 6.42 Å². The fourth-order valence-corrected chi connectivity index (χ4v) is 2.62. The van der Waals surface area contributed by atoms with Crippen molar-refractivity contribution in [2.75, 3.05) is 7.11 Å². The Morgan fingerprint density at radius 1 is 0.792 bits per heavy atom. The summed E-state index contributed by atoms with van der Waals surface area (Å²) in [4.78, 5) is 23.9. The van der Waals surface area contributed by atoms with E-state index in [1.165, 1.54) is 38.4 Å². The molecule has 2 aromatic carbocycles. The van der Waals surface area contributed by atoms with Crippen molar-refractivity contribution in [1.29, 1.82) is 0 Å². The van der Waals surface area contributed by atoms with E-state index in [2.05, 4.69) is 11.7 Å². The second-order valence-corrected chi connectivity index (χ2v) is 5.91. The number of ether oxygens (including phenoxy) is 1. The molecule has 0 fully saturated rings. The predicted molar refractivity (Wildman–Crippen MR) is 95.5 cm³/mol. The van der Waals surface area contributed by atoms with Gasteiger partial charge in [0.05, 0.1) is 12.7 Å². The number of carbonyl (C=O) groups excluding carboxylic acids is 2. The van der Waals surface area contributed by atoms with Gasteiger partial charge in [0.2, 0.25) is 0 Å². The Hall–Kier alpha value is -2.42. The topological polar surface area (TPSA) is 43.4 Å². The Bertz CT molecular complexity index is 669. The number of carbonyl (C=O) groups is 2. The van der Waals surface area contributed by atoms with Crippen molar-refractivity contribution in [2.24, 2.45) is 0 Å². The minimum Gasteiger partial charge on any atom is -0.465 e. The van der Waals surface area contributed by atoms with E-state index in [-0.39, 0.29) is 5.78 Å². The van der Waals surface area contributed by atoms with Crippen LogP contribution < -0.4 is 0 Å². The van der Waals surface area contributed by atoms with Gasteiger partial charge in [-0.2, -0.15) is 0 Å². The number of methoxy groups -OCH3 is 1. The summed E-state index contributed by atoms with van der Waals surface area (Å²) in [5.74, 6) is -0.439. The standard InChI is InChI=1S/C21H24O3/c1-3-4-5-6-7-16-8-10-17(11-9-16)20(22)18-12-14-19(15-13-18)21(23)24-2/h8-15H,3-7H2,1-2H3. The predicted octanol–water partition coefficient (Wildman–Crippen LogP) is 4.83. The molecule has 0 heterocycles. The highest BCUT2D eigenvalue weighted by atomic mass is 16.5. The molecule has 0 spiro atoms. The quantitative estimate of drug-likeness (QED) is 0.397. The van der Waals surface area contributed by atoms with Crippen LogP contribution in [0.3, 0.4) is 0 Å². The van der Waals surface area contributed by atoms with Gasteiger partial charge >= 0.3 is 5.97 Å². The number of rotatable bonds is 8. The van der Waals surface area contributed by atoms with Crippen LogP contribution >= 0.6 is 0 Å². The van der Waals surface area contributed by atoms with Crippen molar-refractivity contribution in [1.82, 2.24) is 0 Å². The molecule has 0 saturated carbocycles. The molecule has 3 nitrogen and oxygen atoms in total. The molecular formula is C21H24O3. The number of benzene rings is 2. The molecule has 0 aliphatic carbocycles. The Balaban J connectivity index is 2.00. The Kier molecular flexibility index (Phi) is 6.74. The van der Waals surface area contributed by atoms with E-state index in [0.29, 0.717) is 16.7 Å². The normalized spacial score (nSPS) is 10.4. The lowest BCUT2D eigenvalue weighted by Crippen LogP contribution is -2.04. The SMILES string of the molecule is CCCCCCc1ccc(C(=O)c2ccc(C(=O)OC)cc2)cc1. The molecule has 24 heavy (non-hydrogen) atoms. The first-order chi connectivity index (χ1) is 11.7. The highest BCUT2D eigenvalue weighted by Crippen LogP contribution is 2.14. The van der Waals surface area contributed by atoms with Gasteiger partial charge in [-0.15, -0.1) is 0 Å². The molecule has 0 unspecified atom stereocenters. The van der Waals surface area contributed by atoms with Gasteiger partial charge < -0.3 is 4.74 Å². The molecule has 0 aliphatic rings. The maximum absolute atomic E-state index is 12.5. The molecule has 2 rings (SSSR count). The highest BCUT2D eigenvalue weighted by molar-refractivity contribution is 6.09. The average molecular weight is 324 g/mol. The third-order valence-electron chi connectivity index (χ3n) is 4.10. The smallest absolute Gasteiger partial charge is 0.337 e. The summed E-state index contributed by atoms with van der Waals surface area (Å²) in [6.07, 6.45) is 6.02. The first kappa shape index (κ1) is 17.9. The molecule has 0 aliphatic heterocycles. The first-order valence-electron chi connectivity index (χ1n) is 8.47. The number of aryl methyl sites for hydroxylation is 1. The third kappa shape index (κ3) is 4.79. The molecule has 0 aromatic heterocycles. The number of unbranched alkanes of at least 4 members (excludes halogenated alkanes) is 3. The van der Waals surface area contributed by atoms with E-state index >= 15 is 0 Å². The van der Waals surface area contributed by atoms with E-state index in [9.17, 15) is 9.59 Å². The Morgan fingerprint density at radius 3 is 1.88 bits per heavy atom. The van der Waals surface area contributed by atoms with E-state index < -0.39 is 5.97 Å². The van der Waals surface area contributed by atoms with E-state index in [1.807, 2.05) is 24.3 Å². The van der Waals surface area contributed by atoms with Gasteiger partial charge in [-0.25, -0.2) is 4.79 Å². The molecule has 0 radical (unpaired) electrons. The Morgan fingerprint density at radius 2 is 1.33 bits per heavy atom. The molecule has 3 heteroatoms. The molecule has 0 N–H and O–H groups in total. The summed E-state index contributed by atoms with van der Waals surface area (Å²) < 4.78 is 4.66. The summed E-state index contributed by atoms with van der Waals surface area (Å²) in [5, 5.41) is 0. The number of hydrogen-bond donors (Lipinski definition) is 0. The van der Waals surface area contributed by atoms with E-state index in [1.54, 1.807) is 24.3 Å². The van der Waals surface area contributed by atoms with Crippen molar-refractivity contribution >= 4 is 11.8 Å². The second-order valence-electron chi connectivity index (χ2n) is 5.91. The van der Waals surface area contributed by atoms with Gasteiger partial charge in [-0.3, -0.25) is 4.79 Å². The summed E-state index contributed by atoms with van der Waals surface area (Å²) in [5.41, 5.74) is 2.94. The summed E-state index contributed by atoms with van der Waals surface area (Å²) >= 11 is 0. The van der Waals surface area contributed by atoms with Crippen LogP contribution in [0.5, 0.6) is 0 Å². The van der Waals surface area contributed by atoms with Gasteiger partial charge in [-0.05, 0) is 30.5 Å². The highest BCUT2D eigenvalue weighted by Gasteiger charge is 2.11. The van der Waals surface area contributed by atoms with Gasteiger partial charge in [0.1, 0.15) is 0 Å². The lowest BCUT2D eigenvalue weighted by molar-refractivity contribution is 0.0600. The molecule has 0 saturated heterocycles. The number of hydrogen-bond acceptors (Lipinski definition) is 3. The molecule has 0 amide bonds. The van der Waals surface area contributed by atoms with Crippen molar-refractivity contribution in [3.8, 4) is 0 Å². The molecule has 2 aromatic rings. The zero-order valence-corrected chi connectivity index (χ0v) is 14.4. The van der Waals surface area contributed by atoms with Crippen molar-refractivity contribution in [3.05, 3.63) is 70.8 Å². The number of ketones is 1. The van der Waals surface area contributed by atoms with Gasteiger partial charge in [0.25, 0.3) is 0 Å². The summed E-state index contributed by atoms with van der Waals surface area (Å²) in [7, 11) is 1.34. The first-order valence-corrected chi connectivity index (χ1v) is 8.47. The Labute approximate surface area is 143 Å². The van der Waals surface area contributed by atoms with Crippen LogP contribution in [0.4, 0.5) is 0 Å². The van der Waals surface area contributed by atoms with Crippen LogP contribution in [-0.4, -0.2) is 18.9 Å². The van der Waals surface area contributed by atoms with Crippen LogP contribution in [0.25, 0.3) is 0 Å². The van der Waals surface area contributed by atoms with Gasteiger partial charge in [-0.1, -0.05) is 62.6 Å². The van der Waals surface area contributed by atoms with Gasteiger partial charge in [0, 0.05) is 11.1 Å². The maximum atomic E-state index is 12.5. The van der Waals surface area contributed by atoms with Crippen LogP contribution in [0, 0.1) is 0 Å². The van der Waals surface area contributed by atoms with Crippen LogP contribution in [-0.2, 0) is 11.2 Å².